The summed E-state index contributed by atoms with van der Waals surface area (Å²) in [6.45, 7) is 4.66. The van der Waals surface area contributed by atoms with Crippen LogP contribution >= 0.6 is 0 Å². The maximum Gasteiger partial charge on any atom is 0.0175 e. The molecule has 2 aliphatic rings. The molecule has 2 N–H and O–H groups in total. The monoisotopic (exact) mass is 189 g/mol. The molecule has 1 atom stereocenters. The summed E-state index contributed by atoms with van der Waals surface area (Å²) in [5, 5.41) is 0. The molecular formula is C13H19N. The molecule has 1 heteroatoms. The zero-order valence-electron chi connectivity index (χ0n) is 9.03. The predicted molar refractivity (Wildman–Crippen MR) is 63.0 cm³/mol. The fourth-order valence-electron chi connectivity index (χ4n) is 1.66. The molecule has 0 aromatic heterocycles. The topological polar surface area (TPSA) is 26.0 Å². The van der Waals surface area contributed by atoms with Gasteiger partial charge in [0.25, 0.3) is 0 Å². The average Bonchev–Trinajstić information content (AvgIpc) is 2.31. The lowest BCUT2D eigenvalue weighted by atomic mass is 9.86. The molecule has 0 bridgehead atoms. The van der Waals surface area contributed by atoms with Crippen LogP contribution in [0.4, 0.5) is 0 Å². The molecule has 0 saturated carbocycles. The van der Waals surface area contributed by atoms with Gasteiger partial charge in [-0.15, -0.1) is 0 Å². The summed E-state index contributed by atoms with van der Waals surface area (Å²) in [4.78, 5) is 0. The van der Waals surface area contributed by atoms with Crippen LogP contribution in [0, 0.1) is 5.92 Å². The van der Waals surface area contributed by atoms with Crippen LogP contribution in [0.1, 0.15) is 20.3 Å². The minimum absolute atomic E-state index is 0.582. The summed E-state index contributed by atoms with van der Waals surface area (Å²) < 4.78 is 0. The number of nitrogens with two attached hydrogens (primary N) is 1. The molecule has 0 heterocycles. The number of hydrogen-bond donors (Lipinski definition) is 1. The van der Waals surface area contributed by atoms with Crippen LogP contribution in [-0.2, 0) is 0 Å². The minimum Gasteiger partial charge on any atom is -0.327 e. The van der Waals surface area contributed by atoms with E-state index in [1.165, 1.54) is 11.1 Å². The van der Waals surface area contributed by atoms with E-state index < -0.39 is 0 Å². The van der Waals surface area contributed by atoms with Crippen LogP contribution < -0.4 is 5.73 Å². The third-order valence-electron chi connectivity index (χ3n) is 2.38. The van der Waals surface area contributed by atoms with Crippen LogP contribution in [0.25, 0.3) is 0 Å². The molecule has 1 unspecified atom stereocenters. The van der Waals surface area contributed by atoms with Crippen LogP contribution in [-0.4, -0.2) is 6.54 Å². The van der Waals surface area contributed by atoms with Crippen molar-refractivity contribution < 1.29 is 0 Å². The molecule has 0 radical (unpaired) electrons. The third-order valence-corrected chi connectivity index (χ3v) is 2.38. The van der Waals surface area contributed by atoms with E-state index in [1.54, 1.807) is 0 Å². The Kier molecular flexibility index (Phi) is 4.41. The van der Waals surface area contributed by atoms with Gasteiger partial charge in [0.2, 0.25) is 0 Å². The second-order valence-electron chi connectivity index (χ2n) is 3.22. The zero-order valence-corrected chi connectivity index (χ0v) is 9.03. The fraction of sp³-hybridized carbons (Fsp3) is 0.385. The van der Waals surface area contributed by atoms with Crippen molar-refractivity contribution in [3.05, 3.63) is 47.6 Å². The van der Waals surface area contributed by atoms with Crippen molar-refractivity contribution in [2.24, 2.45) is 11.7 Å². The van der Waals surface area contributed by atoms with E-state index in [0.717, 1.165) is 6.42 Å². The molecule has 0 aliphatic heterocycles. The number of hydrogen-bond acceptors (Lipinski definition) is 1. The van der Waals surface area contributed by atoms with Crippen molar-refractivity contribution in [2.75, 3.05) is 6.54 Å². The summed E-state index contributed by atoms with van der Waals surface area (Å²) in [6.07, 6.45) is 14.2. The maximum atomic E-state index is 5.57. The van der Waals surface area contributed by atoms with Crippen molar-refractivity contribution in [3.63, 3.8) is 0 Å². The Morgan fingerprint density at radius 3 is 2.86 bits per heavy atom. The first-order valence-electron chi connectivity index (χ1n) is 5.36. The van der Waals surface area contributed by atoms with Crippen molar-refractivity contribution in [3.8, 4) is 0 Å². The Hall–Kier alpha value is -1.08. The van der Waals surface area contributed by atoms with Crippen molar-refractivity contribution in [1.29, 1.82) is 0 Å². The van der Waals surface area contributed by atoms with Gasteiger partial charge in [0, 0.05) is 12.5 Å². The highest BCUT2D eigenvalue weighted by atomic mass is 14.5. The Bertz CT molecular complexity index is 292. The van der Waals surface area contributed by atoms with Gasteiger partial charge in [-0.3, -0.25) is 0 Å². The standard InChI is InChI=1S/C11H13N.C2H6/c12-8-9-5-6-10-3-1-2-4-11(10)7-9;1-2/h1-3,5-7,11H,4,8,12H2;1-2H3. The van der Waals surface area contributed by atoms with Gasteiger partial charge in [-0.25, -0.2) is 0 Å². The van der Waals surface area contributed by atoms with E-state index in [-0.39, 0.29) is 0 Å². The predicted octanol–water partition coefficient (Wildman–Crippen LogP) is 2.97. The smallest absolute Gasteiger partial charge is 0.0175 e. The summed E-state index contributed by atoms with van der Waals surface area (Å²) in [5.41, 5.74) is 8.24. The van der Waals surface area contributed by atoms with Gasteiger partial charge in [0.15, 0.2) is 0 Å². The van der Waals surface area contributed by atoms with Gasteiger partial charge in [-0.05, 0) is 17.6 Å². The molecule has 1 nitrogen and oxygen atoms in total. The quantitative estimate of drug-likeness (QED) is 0.674. The van der Waals surface area contributed by atoms with Gasteiger partial charge in [0.05, 0.1) is 0 Å². The van der Waals surface area contributed by atoms with E-state index in [2.05, 4.69) is 36.5 Å². The summed E-state index contributed by atoms with van der Waals surface area (Å²) in [7, 11) is 0. The molecule has 0 saturated heterocycles. The van der Waals surface area contributed by atoms with E-state index >= 15 is 0 Å². The second kappa shape index (κ2) is 5.61. The molecular weight excluding hydrogens is 170 g/mol. The minimum atomic E-state index is 0.582. The molecule has 2 rings (SSSR count). The summed E-state index contributed by atoms with van der Waals surface area (Å²) in [6, 6.07) is 0. The Morgan fingerprint density at radius 2 is 2.14 bits per heavy atom. The Labute approximate surface area is 86.7 Å². The maximum absolute atomic E-state index is 5.57. The average molecular weight is 189 g/mol. The molecule has 0 fully saturated rings. The lowest BCUT2D eigenvalue weighted by Crippen LogP contribution is -2.10. The Morgan fingerprint density at radius 1 is 1.36 bits per heavy atom. The molecule has 0 aromatic rings. The van der Waals surface area contributed by atoms with Crippen LogP contribution in [0.5, 0.6) is 0 Å². The van der Waals surface area contributed by atoms with Crippen molar-refractivity contribution >= 4 is 0 Å². The first-order valence-corrected chi connectivity index (χ1v) is 5.36. The first kappa shape index (κ1) is 11.0. The molecule has 0 aromatic carbocycles. The van der Waals surface area contributed by atoms with E-state index in [9.17, 15) is 0 Å². The SMILES string of the molecule is CC.NCC1=CC2CC=CC=C2C=C1. The molecule has 76 valence electrons. The highest BCUT2D eigenvalue weighted by Crippen LogP contribution is 2.27. The largest absolute Gasteiger partial charge is 0.327 e. The lowest BCUT2D eigenvalue weighted by molar-refractivity contribution is 0.769. The molecule has 14 heavy (non-hydrogen) atoms. The molecule has 0 amide bonds. The van der Waals surface area contributed by atoms with Gasteiger partial charge >= 0.3 is 0 Å². The molecule has 0 spiro atoms. The lowest BCUT2D eigenvalue weighted by Gasteiger charge is -2.20. The van der Waals surface area contributed by atoms with Gasteiger partial charge in [-0.2, -0.15) is 0 Å². The zero-order chi connectivity index (χ0) is 10.4. The second-order valence-corrected chi connectivity index (χ2v) is 3.22. The number of rotatable bonds is 1. The highest BCUT2D eigenvalue weighted by molar-refractivity contribution is 5.42. The van der Waals surface area contributed by atoms with Gasteiger partial charge in [-0.1, -0.05) is 50.3 Å². The summed E-state index contributed by atoms with van der Waals surface area (Å²) in [5.74, 6) is 0.582. The number of fused-ring (bicyclic) bond motifs is 1. The normalized spacial score (nSPS) is 22.9. The number of allylic oxidation sites excluding steroid dienone is 6. The van der Waals surface area contributed by atoms with E-state index in [0.29, 0.717) is 12.5 Å². The van der Waals surface area contributed by atoms with E-state index in [1.807, 2.05) is 13.8 Å². The van der Waals surface area contributed by atoms with Crippen LogP contribution in [0.15, 0.2) is 47.6 Å². The molecule has 2 aliphatic carbocycles. The van der Waals surface area contributed by atoms with Gasteiger partial charge in [0.1, 0.15) is 0 Å². The first-order chi connectivity index (χ1) is 6.90. The Balaban J connectivity index is 0.000000461. The fourth-order valence-corrected chi connectivity index (χ4v) is 1.66. The van der Waals surface area contributed by atoms with Crippen molar-refractivity contribution in [2.45, 2.75) is 20.3 Å². The van der Waals surface area contributed by atoms with E-state index in [4.69, 9.17) is 5.73 Å². The van der Waals surface area contributed by atoms with Gasteiger partial charge < -0.3 is 5.73 Å². The third kappa shape index (κ3) is 2.46. The van der Waals surface area contributed by atoms with Crippen LogP contribution in [0.3, 0.4) is 0 Å². The summed E-state index contributed by atoms with van der Waals surface area (Å²) >= 11 is 0. The van der Waals surface area contributed by atoms with Crippen molar-refractivity contribution in [1.82, 2.24) is 0 Å². The van der Waals surface area contributed by atoms with Crippen LogP contribution in [0.2, 0.25) is 0 Å². The highest BCUT2D eigenvalue weighted by Gasteiger charge is 2.13.